The van der Waals surface area contributed by atoms with E-state index >= 15 is 0 Å². The lowest BCUT2D eigenvalue weighted by Gasteiger charge is -2.35. The molecule has 1 atom stereocenters. The van der Waals surface area contributed by atoms with E-state index in [1.54, 1.807) is 0 Å². The Morgan fingerprint density at radius 3 is 2.37 bits per heavy atom. The summed E-state index contributed by atoms with van der Waals surface area (Å²) in [5, 5.41) is 6.75. The smallest absolute Gasteiger partial charge is 0.216 e. The summed E-state index contributed by atoms with van der Waals surface area (Å²) in [5.74, 6) is 2.92. The second-order valence-electron chi connectivity index (χ2n) is 7.17. The molecular weight excluding hydrogens is 455 g/mol. The van der Waals surface area contributed by atoms with Crippen LogP contribution in [0.25, 0.3) is 0 Å². The molecule has 1 aliphatic heterocycles. The normalized spacial score (nSPS) is 17.4. The van der Waals surface area contributed by atoms with E-state index in [1.807, 2.05) is 13.8 Å². The van der Waals surface area contributed by atoms with E-state index < -0.39 is 0 Å². The molecule has 156 valence electrons. The van der Waals surface area contributed by atoms with Crippen molar-refractivity contribution in [3.63, 3.8) is 0 Å². The van der Waals surface area contributed by atoms with Gasteiger partial charge in [0, 0.05) is 45.8 Å². The molecule has 2 rings (SSSR count). The number of guanidine groups is 1. The number of aromatic nitrogens is 1. The third-order valence-electron chi connectivity index (χ3n) is 4.89. The zero-order chi connectivity index (χ0) is 18.9. The van der Waals surface area contributed by atoms with Gasteiger partial charge in [-0.1, -0.05) is 13.8 Å². The fourth-order valence-electron chi connectivity index (χ4n) is 3.16. The first-order valence-electron chi connectivity index (χ1n) is 9.91. The highest BCUT2D eigenvalue weighted by molar-refractivity contribution is 14.0. The van der Waals surface area contributed by atoms with E-state index in [9.17, 15) is 0 Å². The fourth-order valence-corrected chi connectivity index (χ4v) is 3.16. The van der Waals surface area contributed by atoms with Gasteiger partial charge in [0.15, 0.2) is 5.96 Å². The summed E-state index contributed by atoms with van der Waals surface area (Å²) < 4.78 is 5.60. The molecule has 8 heteroatoms. The van der Waals surface area contributed by atoms with E-state index in [0.717, 1.165) is 43.6 Å². The standard InChI is InChI=1S/C19H36N6O.HI/c1-6-20-19(22-13-18-23-16(4)17(5)26-18)21-12-15(3)14-25-10-8-24(7-2)9-11-25;/h15H,6-14H2,1-5H3,(H2,20,21,22);1H. The highest BCUT2D eigenvalue weighted by atomic mass is 127. The van der Waals surface area contributed by atoms with Crippen LogP contribution >= 0.6 is 24.0 Å². The molecule has 1 saturated heterocycles. The first-order valence-corrected chi connectivity index (χ1v) is 9.91. The van der Waals surface area contributed by atoms with E-state index in [-0.39, 0.29) is 24.0 Å². The minimum absolute atomic E-state index is 0. The quantitative estimate of drug-likeness (QED) is 0.330. The number of hydrogen-bond donors (Lipinski definition) is 2. The average molecular weight is 492 g/mol. The van der Waals surface area contributed by atoms with Crippen molar-refractivity contribution in [2.24, 2.45) is 10.9 Å². The highest BCUT2D eigenvalue weighted by Gasteiger charge is 2.17. The van der Waals surface area contributed by atoms with Crippen molar-refractivity contribution in [1.29, 1.82) is 0 Å². The number of hydrogen-bond acceptors (Lipinski definition) is 5. The summed E-state index contributed by atoms with van der Waals surface area (Å²) in [5.41, 5.74) is 0.935. The molecule has 7 nitrogen and oxygen atoms in total. The lowest BCUT2D eigenvalue weighted by atomic mass is 10.1. The maximum absolute atomic E-state index is 5.60. The van der Waals surface area contributed by atoms with Crippen molar-refractivity contribution in [2.45, 2.75) is 41.2 Å². The molecule has 0 aromatic carbocycles. The minimum Gasteiger partial charge on any atom is -0.444 e. The van der Waals surface area contributed by atoms with Crippen molar-refractivity contribution in [1.82, 2.24) is 25.4 Å². The number of halogens is 1. The molecular formula is C19H37IN6O. The third-order valence-corrected chi connectivity index (χ3v) is 4.89. The van der Waals surface area contributed by atoms with Gasteiger partial charge in [0.25, 0.3) is 0 Å². The molecule has 1 unspecified atom stereocenters. The molecule has 2 N–H and O–H groups in total. The second kappa shape index (κ2) is 12.6. The zero-order valence-electron chi connectivity index (χ0n) is 17.5. The van der Waals surface area contributed by atoms with Gasteiger partial charge in [0.05, 0.1) is 5.69 Å². The van der Waals surface area contributed by atoms with Crippen LogP contribution in [0.5, 0.6) is 0 Å². The lowest BCUT2D eigenvalue weighted by Crippen LogP contribution is -2.48. The summed E-state index contributed by atoms with van der Waals surface area (Å²) >= 11 is 0. The van der Waals surface area contributed by atoms with Gasteiger partial charge in [-0.25, -0.2) is 9.98 Å². The molecule has 0 bridgehead atoms. The number of piperazine rings is 1. The lowest BCUT2D eigenvalue weighted by molar-refractivity contribution is 0.124. The van der Waals surface area contributed by atoms with Crippen molar-refractivity contribution >= 4 is 29.9 Å². The van der Waals surface area contributed by atoms with Crippen LogP contribution in [0.15, 0.2) is 9.41 Å². The Hall–Kier alpha value is -0.870. The molecule has 2 heterocycles. The number of aryl methyl sites for hydroxylation is 2. The van der Waals surface area contributed by atoms with Gasteiger partial charge < -0.3 is 24.9 Å². The summed E-state index contributed by atoms with van der Waals surface area (Å²) in [4.78, 5) is 14.1. The van der Waals surface area contributed by atoms with Gasteiger partial charge >= 0.3 is 0 Å². The number of likely N-dealkylation sites (N-methyl/N-ethyl adjacent to an activating group) is 1. The second-order valence-corrected chi connectivity index (χ2v) is 7.17. The van der Waals surface area contributed by atoms with Crippen LogP contribution < -0.4 is 10.6 Å². The topological polar surface area (TPSA) is 68.9 Å². The summed E-state index contributed by atoms with van der Waals surface area (Å²) in [6.07, 6.45) is 0. The van der Waals surface area contributed by atoms with Gasteiger partial charge in [0.2, 0.25) is 5.89 Å². The van der Waals surface area contributed by atoms with Crippen LogP contribution in [-0.4, -0.2) is 73.1 Å². The van der Waals surface area contributed by atoms with Crippen LogP contribution in [0.2, 0.25) is 0 Å². The fraction of sp³-hybridized carbons (Fsp3) is 0.789. The van der Waals surface area contributed by atoms with Crippen LogP contribution in [-0.2, 0) is 6.54 Å². The van der Waals surface area contributed by atoms with E-state index in [0.29, 0.717) is 18.4 Å². The third kappa shape index (κ3) is 8.35. The van der Waals surface area contributed by atoms with Gasteiger partial charge in [-0.05, 0) is 33.2 Å². The van der Waals surface area contributed by atoms with Gasteiger partial charge in [-0.15, -0.1) is 24.0 Å². The number of aliphatic imine (C=N–C) groups is 1. The van der Waals surface area contributed by atoms with Crippen LogP contribution in [0.3, 0.4) is 0 Å². The van der Waals surface area contributed by atoms with E-state index in [1.165, 1.54) is 26.2 Å². The molecule has 1 aromatic heterocycles. The Kier molecular flexibility index (Phi) is 11.2. The monoisotopic (exact) mass is 492 g/mol. The first-order chi connectivity index (χ1) is 12.5. The van der Waals surface area contributed by atoms with Crippen molar-refractivity contribution in [2.75, 3.05) is 52.4 Å². The van der Waals surface area contributed by atoms with Crippen molar-refractivity contribution < 1.29 is 4.42 Å². The number of nitrogens with zero attached hydrogens (tertiary/aromatic N) is 4. The molecule has 1 aliphatic rings. The predicted octanol–water partition coefficient (Wildman–Crippen LogP) is 2.24. The number of oxazole rings is 1. The molecule has 0 spiro atoms. The first kappa shape index (κ1) is 24.2. The molecule has 27 heavy (non-hydrogen) atoms. The SMILES string of the molecule is CCNC(=NCc1nc(C)c(C)o1)NCC(C)CN1CCN(CC)CC1.I. The molecule has 0 saturated carbocycles. The summed E-state index contributed by atoms with van der Waals surface area (Å²) in [7, 11) is 0. The Labute approximate surface area is 181 Å². The molecule has 1 aromatic rings. The van der Waals surface area contributed by atoms with Crippen LogP contribution in [0.4, 0.5) is 0 Å². The van der Waals surface area contributed by atoms with Crippen LogP contribution in [0, 0.1) is 19.8 Å². The Morgan fingerprint density at radius 1 is 1.15 bits per heavy atom. The average Bonchev–Trinajstić information content (AvgIpc) is 2.96. The number of nitrogens with one attached hydrogen (secondary N) is 2. The summed E-state index contributed by atoms with van der Waals surface area (Å²) in [6.45, 7) is 19.7. The number of rotatable bonds is 8. The Balaban J connectivity index is 0.00000364. The van der Waals surface area contributed by atoms with Gasteiger partial charge in [0.1, 0.15) is 12.3 Å². The highest BCUT2D eigenvalue weighted by Crippen LogP contribution is 2.09. The maximum Gasteiger partial charge on any atom is 0.216 e. The minimum atomic E-state index is 0. The van der Waals surface area contributed by atoms with Crippen molar-refractivity contribution in [3.05, 3.63) is 17.3 Å². The molecule has 1 fully saturated rings. The van der Waals surface area contributed by atoms with Gasteiger partial charge in [-0.2, -0.15) is 0 Å². The largest absolute Gasteiger partial charge is 0.444 e. The maximum atomic E-state index is 5.60. The van der Waals surface area contributed by atoms with E-state index in [2.05, 4.69) is 51.2 Å². The van der Waals surface area contributed by atoms with Crippen molar-refractivity contribution in [3.8, 4) is 0 Å². The zero-order valence-corrected chi connectivity index (χ0v) is 19.9. The Morgan fingerprint density at radius 2 is 1.81 bits per heavy atom. The van der Waals surface area contributed by atoms with Crippen LogP contribution in [0.1, 0.15) is 38.1 Å². The summed E-state index contributed by atoms with van der Waals surface area (Å²) in [6, 6.07) is 0. The van der Waals surface area contributed by atoms with Gasteiger partial charge in [-0.3, -0.25) is 0 Å². The predicted molar refractivity (Wildman–Crippen MR) is 122 cm³/mol. The Bertz CT molecular complexity index is 549. The molecule has 0 aliphatic carbocycles. The molecule has 0 amide bonds. The van der Waals surface area contributed by atoms with E-state index in [4.69, 9.17) is 4.42 Å². The molecule has 0 radical (unpaired) electrons.